The van der Waals surface area contributed by atoms with Crippen molar-refractivity contribution < 1.29 is 0 Å². The molecule has 0 aromatic heterocycles. The summed E-state index contributed by atoms with van der Waals surface area (Å²) in [5.74, 6) is 0. The minimum Gasteiger partial charge on any atom is -0.380 e. The second kappa shape index (κ2) is 5.57. The maximum absolute atomic E-state index is 8.76. The summed E-state index contributed by atoms with van der Waals surface area (Å²) < 4.78 is 0. The van der Waals surface area contributed by atoms with Gasteiger partial charge in [-0.3, -0.25) is 0 Å². The van der Waals surface area contributed by atoms with Crippen molar-refractivity contribution in [1.82, 2.24) is 0 Å². The van der Waals surface area contributed by atoms with Gasteiger partial charge in [-0.2, -0.15) is 5.26 Å². The zero-order valence-corrected chi connectivity index (χ0v) is 10.8. The van der Waals surface area contributed by atoms with Crippen LogP contribution in [0.25, 0.3) is 0 Å². The third-order valence-electron chi connectivity index (χ3n) is 2.70. The summed E-state index contributed by atoms with van der Waals surface area (Å²) in [5, 5.41) is 12.6. The van der Waals surface area contributed by atoms with Crippen LogP contribution in [0, 0.1) is 18.3 Å². The highest BCUT2D eigenvalue weighted by molar-refractivity contribution is 6.33. The summed E-state index contributed by atoms with van der Waals surface area (Å²) in [6, 6.07) is 15.6. The average Bonchev–Trinajstić information content (AvgIpc) is 2.39. The van der Waals surface area contributed by atoms with Gasteiger partial charge in [0.05, 0.1) is 22.3 Å². The fourth-order valence-electron chi connectivity index (χ4n) is 1.63. The molecule has 2 aromatic carbocycles. The first kappa shape index (κ1) is 12.5. The summed E-state index contributed by atoms with van der Waals surface area (Å²) in [7, 11) is 0. The summed E-state index contributed by atoms with van der Waals surface area (Å²) in [5.41, 5.74) is 3.85. The van der Waals surface area contributed by atoms with Crippen molar-refractivity contribution in [3.05, 3.63) is 64.2 Å². The molecule has 0 saturated carbocycles. The van der Waals surface area contributed by atoms with Crippen LogP contribution in [0.2, 0.25) is 5.02 Å². The second-order valence-corrected chi connectivity index (χ2v) is 4.55. The highest BCUT2D eigenvalue weighted by atomic mass is 35.5. The van der Waals surface area contributed by atoms with Gasteiger partial charge in [-0.15, -0.1) is 0 Å². The van der Waals surface area contributed by atoms with E-state index in [0.717, 1.165) is 5.69 Å². The molecular formula is C15H13ClN2. The smallest absolute Gasteiger partial charge is 0.0992 e. The maximum Gasteiger partial charge on any atom is 0.0992 e. The second-order valence-electron chi connectivity index (χ2n) is 4.15. The third kappa shape index (κ3) is 3.03. The maximum atomic E-state index is 8.76. The zero-order valence-electron chi connectivity index (χ0n) is 10.1. The highest BCUT2D eigenvalue weighted by Crippen LogP contribution is 2.23. The normalized spacial score (nSPS) is 9.83. The zero-order chi connectivity index (χ0) is 13.0. The number of benzene rings is 2. The van der Waals surface area contributed by atoms with Crippen LogP contribution < -0.4 is 5.32 Å². The molecule has 0 radical (unpaired) electrons. The van der Waals surface area contributed by atoms with Gasteiger partial charge in [0.15, 0.2) is 0 Å². The molecule has 0 aliphatic carbocycles. The van der Waals surface area contributed by atoms with E-state index in [4.69, 9.17) is 16.9 Å². The van der Waals surface area contributed by atoms with Crippen LogP contribution in [0.5, 0.6) is 0 Å². The number of hydrogen-bond donors (Lipinski definition) is 1. The molecule has 0 saturated heterocycles. The summed E-state index contributed by atoms with van der Waals surface area (Å²) >= 11 is 6.09. The minimum absolute atomic E-state index is 0.570. The van der Waals surface area contributed by atoms with Crippen LogP contribution >= 0.6 is 11.6 Å². The average molecular weight is 257 g/mol. The highest BCUT2D eigenvalue weighted by Gasteiger charge is 2.01. The fourth-order valence-corrected chi connectivity index (χ4v) is 1.88. The number of nitrogens with one attached hydrogen (secondary N) is 1. The Kier molecular flexibility index (Phi) is 3.86. The molecule has 90 valence electrons. The van der Waals surface area contributed by atoms with Gasteiger partial charge >= 0.3 is 0 Å². The monoisotopic (exact) mass is 256 g/mol. The number of aryl methyl sites for hydroxylation is 1. The Balaban J connectivity index is 2.06. The molecule has 0 amide bonds. The molecule has 0 fully saturated rings. The van der Waals surface area contributed by atoms with Crippen molar-refractivity contribution in [3.8, 4) is 6.07 Å². The Labute approximate surface area is 112 Å². The molecule has 0 bridgehead atoms. The van der Waals surface area contributed by atoms with E-state index in [1.165, 1.54) is 11.1 Å². The van der Waals surface area contributed by atoms with Crippen molar-refractivity contribution in [3.63, 3.8) is 0 Å². The Morgan fingerprint density at radius 2 is 1.89 bits per heavy atom. The molecule has 3 heteroatoms. The predicted molar refractivity (Wildman–Crippen MR) is 74.7 cm³/mol. The molecule has 0 atom stereocenters. The van der Waals surface area contributed by atoms with Crippen LogP contribution in [0.4, 0.5) is 5.69 Å². The molecular weight excluding hydrogens is 244 g/mol. The van der Waals surface area contributed by atoms with Crippen LogP contribution in [0.3, 0.4) is 0 Å². The van der Waals surface area contributed by atoms with Crippen molar-refractivity contribution in [2.75, 3.05) is 5.32 Å². The van der Waals surface area contributed by atoms with E-state index in [-0.39, 0.29) is 0 Å². The molecule has 2 rings (SSSR count). The standard InChI is InChI=1S/C15H13ClN2/c1-11-2-4-12(5-3-11)10-18-15-7-6-13(9-17)8-14(15)16/h2-8,18H,10H2,1H3. The Morgan fingerprint density at radius 1 is 1.17 bits per heavy atom. The molecule has 0 heterocycles. The van der Waals surface area contributed by atoms with Crippen LogP contribution in [0.15, 0.2) is 42.5 Å². The molecule has 18 heavy (non-hydrogen) atoms. The lowest BCUT2D eigenvalue weighted by Crippen LogP contribution is -2.00. The van der Waals surface area contributed by atoms with Crippen LogP contribution in [-0.4, -0.2) is 0 Å². The lowest BCUT2D eigenvalue weighted by molar-refractivity contribution is 1.14. The number of hydrogen-bond acceptors (Lipinski definition) is 2. The third-order valence-corrected chi connectivity index (χ3v) is 3.01. The Morgan fingerprint density at radius 3 is 2.50 bits per heavy atom. The quantitative estimate of drug-likeness (QED) is 0.896. The molecule has 0 spiro atoms. The molecule has 0 aliphatic rings. The van der Waals surface area contributed by atoms with Gasteiger partial charge in [0, 0.05) is 6.54 Å². The summed E-state index contributed by atoms with van der Waals surface area (Å²) in [6.45, 7) is 2.78. The molecule has 2 nitrogen and oxygen atoms in total. The van der Waals surface area contributed by atoms with Gasteiger partial charge in [0.2, 0.25) is 0 Å². The molecule has 2 aromatic rings. The van der Waals surface area contributed by atoms with Gasteiger partial charge in [-0.1, -0.05) is 41.4 Å². The molecule has 0 aliphatic heterocycles. The van der Waals surface area contributed by atoms with E-state index < -0.39 is 0 Å². The number of rotatable bonds is 3. The fraction of sp³-hybridized carbons (Fsp3) is 0.133. The van der Waals surface area contributed by atoms with Crippen molar-refractivity contribution >= 4 is 17.3 Å². The van der Waals surface area contributed by atoms with Gasteiger partial charge in [0.25, 0.3) is 0 Å². The minimum atomic E-state index is 0.570. The summed E-state index contributed by atoms with van der Waals surface area (Å²) in [4.78, 5) is 0. The van der Waals surface area contributed by atoms with Crippen molar-refractivity contribution in [1.29, 1.82) is 5.26 Å². The largest absolute Gasteiger partial charge is 0.380 e. The van der Waals surface area contributed by atoms with E-state index in [2.05, 4.69) is 42.6 Å². The Bertz CT molecular complexity index is 582. The predicted octanol–water partition coefficient (Wildman–Crippen LogP) is 4.13. The lowest BCUT2D eigenvalue weighted by Gasteiger charge is -2.08. The van der Waals surface area contributed by atoms with E-state index in [9.17, 15) is 0 Å². The molecule has 0 unspecified atom stereocenters. The summed E-state index contributed by atoms with van der Waals surface area (Å²) in [6.07, 6.45) is 0. The first-order chi connectivity index (χ1) is 8.69. The van der Waals surface area contributed by atoms with Crippen molar-refractivity contribution in [2.24, 2.45) is 0 Å². The van der Waals surface area contributed by atoms with Gasteiger partial charge in [-0.05, 0) is 30.7 Å². The topological polar surface area (TPSA) is 35.8 Å². The number of nitriles is 1. The number of nitrogens with zero attached hydrogens (tertiary/aromatic N) is 1. The van der Waals surface area contributed by atoms with Crippen LogP contribution in [0.1, 0.15) is 16.7 Å². The van der Waals surface area contributed by atoms with Crippen molar-refractivity contribution in [2.45, 2.75) is 13.5 Å². The van der Waals surface area contributed by atoms with E-state index >= 15 is 0 Å². The first-order valence-corrected chi connectivity index (χ1v) is 6.06. The number of halogens is 1. The first-order valence-electron chi connectivity index (χ1n) is 5.68. The van der Waals surface area contributed by atoms with Gasteiger partial charge in [-0.25, -0.2) is 0 Å². The van der Waals surface area contributed by atoms with E-state index in [1.807, 2.05) is 6.07 Å². The Hall–Kier alpha value is -1.98. The van der Waals surface area contributed by atoms with Gasteiger partial charge < -0.3 is 5.32 Å². The van der Waals surface area contributed by atoms with Crippen LogP contribution in [-0.2, 0) is 6.54 Å². The lowest BCUT2D eigenvalue weighted by atomic mass is 10.1. The SMILES string of the molecule is Cc1ccc(CNc2ccc(C#N)cc2Cl)cc1. The van der Waals surface area contributed by atoms with E-state index in [0.29, 0.717) is 17.1 Å². The van der Waals surface area contributed by atoms with E-state index in [1.54, 1.807) is 12.1 Å². The van der Waals surface area contributed by atoms with Gasteiger partial charge in [0.1, 0.15) is 0 Å². The number of anilines is 1. The molecule has 1 N–H and O–H groups in total.